The number of amides is 1. The second-order valence-electron chi connectivity index (χ2n) is 7.38. The van der Waals surface area contributed by atoms with Crippen LogP contribution in [0.3, 0.4) is 0 Å². The molecule has 0 bridgehead atoms. The van der Waals surface area contributed by atoms with Gasteiger partial charge in [0, 0.05) is 48.6 Å². The average molecular weight is 454 g/mol. The highest BCUT2D eigenvalue weighted by molar-refractivity contribution is 8.00. The lowest BCUT2D eigenvalue weighted by molar-refractivity contribution is 0.0746. The first-order valence-corrected chi connectivity index (χ1v) is 12.4. The van der Waals surface area contributed by atoms with Gasteiger partial charge in [-0.05, 0) is 37.6 Å². The number of piperazine rings is 1. The number of thiazole rings is 1. The van der Waals surface area contributed by atoms with E-state index in [4.69, 9.17) is 4.74 Å². The fourth-order valence-corrected chi connectivity index (χ4v) is 5.56. The summed E-state index contributed by atoms with van der Waals surface area (Å²) in [6.45, 7) is 7.64. The fourth-order valence-electron chi connectivity index (χ4n) is 3.71. The molecule has 0 radical (unpaired) electrons. The standard InChI is InChI=1S/C24H27N3O2S2/c1-3-29-22-11-7-6-10-21(22)26-12-14-27(15-13-26)23(28)20-9-5-4-8-19(20)17-31-24-25-18(2)16-30-24/h4-11,16H,3,12-15,17H2,1-2H3. The summed E-state index contributed by atoms with van der Waals surface area (Å²) in [7, 11) is 0. The zero-order chi connectivity index (χ0) is 21.6. The topological polar surface area (TPSA) is 45.7 Å². The van der Waals surface area contributed by atoms with Crippen molar-refractivity contribution >= 4 is 34.7 Å². The van der Waals surface area contributed by atoms with Crippen LogP contribution in [0.1, 0.15) is 28.5 Å². The van der Waals surface area contributed by atoms with Gasteiger partial charge in [0.25, 0.3) is 5.91 Å². The maximum Gasteiger partial charge on any atom is 0.254 e. The number of rotatable bonds is 7. The molecular formula is C24H27N3O2S2. The minimum absolute atomic E-state index is 0.115. The van der Waals surface area contributed by atoms with Gasteiger partial charge in [-0.25, -0.2) is 4.98 Å². The Bertz CT molecular complexity index is 1030. The first-order chi connectivity index (χ1) is 15.2. The highest BCUT2D eigenvalue weighted by atomic mass is 32.2. The maximum absolute atomic E-state index is 13.3. The molecule has 1 saturated heterocycles. The summed E-state index contributed by atoms with van der Waals surface area (Å²) in [5, 5.41) is 2.06. The Balaban J connectivity index is 1.41. The Labute approximate surface area is 192 Å². The highest BCUT2D eigenvalue weighted by Crippen LogP contribution is 2.30. The number of benzene rings is 2. The van der Waals surface area contributed by atoms with Crippen LogP contribution in [0.25, 0.3) is 0 Å². The van der Waals surface area contributed by atoms with Crippen LogP contribution in [0.4, 0.5) is 5.69 Å². The number of anilines is 1. The highest BCUT2D eigenvalue weighted by Gasteiger charge is 2.25. The number of aromatic nitrogens is 1. The number of carbonyl (C=O) groups is 1. The second-order valence-corrected chi connectivity index (χ2v) is 9.46. The molecule has 0 aliphatic carbocycles. The number of ether oxygens (including phenoxy) is 1. The van der Waals surface area contributed by atoms with E-state index in [-0.39, 0.29) is 5.91 Å². The molecule has 2 aromatic carbocycles. The number of aryl methyl sites for hydroxylation is 1. The van der Waals surface area contributed by atoms with E-state index >= 15 is 0 Å². The molecule has 0 saturated carbocycles. The summed E-state index contributed by atoms with van der Waals surface area (Å²) in [5.74, 6) is 1.77. The normalized spacial score (nSPS) is 14.0. The predicted molar refractivity (Wildman–Crippen MR) is 129 cm³/mol. The van der Waals surface area contributed by atoms with Gasteiger partial charge in [0.05, 0.1) is 12.3 Å². The van der Waals surface area contributed by atoms with Crippen LogP contribution in [0.15, 0.2) is 58.3 Å². The van der Waals surface area contributed by atoms with Crippen molar-refractivity contribution in [3.05, 3.63) is 70.7 Å². The average Bonchev–Trinajstić information content (AvgIpc) is 3.23. The van der Waals surface area contributed by atoms with Gasteiger partial charge in [0.2, 0.25) is 0 Å². The molecule has 1 aromatic heterocycles. The Hall–Kier alpha value is -2.51. The van der Waals surface area contributed by atoms with Crippen molar-refractivity contribution in [2.45, 2.75) is 23.9 Å². The van der Waals surface area contributed by atoms with E-state index in [2.05, 4.69) is 27.4 Å². The summed E-state index contributed by atoms with van der Waals surface area (Å²) >= 11 is 3.35. The summed E-state index contributed by atoms with van der Waals surface area (Å²) in [6, 6.07) is 16.1. The predicted octanol–water partition coefficient (Wildman–Crippen LogP) is 5.10. The van der Waals surface area contributed by atoms with Crippen molar-refractivity contribution < 1.29 is 9.53 Å². The van der Waals surface area contributed by atoms with Gasteiger partial charge in [0.15, 0.2) is 0 Å². The Morgan fingerprint density at radius 3 is 2.58 bits per heavy atom. The van der Waals surface area contributed by atoms with E-state index in [1.165, 1.54) is 0 Å². The Morgan fingerprint density at radius 2 is 1.84 bits per heavy atom. The van der Waals surface area contributed by atoms with Crippen molar-refractivity contribution in [1.82, 2.24) is 9.88 Å². The smallest absolute Gasteiger partial charge is 0.254 e. The number of para-hydroxylation sites is 2. The molecule has 1 aliphatic heterocycles. The van der Waals surface area contributed by atoms with Crippen LogP contribution < -0.4 is 9.64 Å². The second kappa shape index (κ2) is 10.2. The van der Waals surface area contributed by atoms with Crippen molar-refractivity contribution in [2.24, 2.45) is 0 Å². The van der Waals surface area contributed by atoms with Crippen LogP contribution in [0.5, 0.6) is 5.75 Å². The van der Waals surface area contributed by atoms with E-state index < -0.39 is 0 Å². The van der Waals surface area contributed by atoms with Gasteiger partial charge in [-0.1, -0.05) is 42.1 Å². The Kier molecular flexibility index (Phi) is 7.14. The lowest BCUT2D eigenvalue weighted by atomic mass is 10.1. The van der Waals surface area contributed by atoms with Crippen molar-refractivity contribution in [1.29, 1.82) is 0 Å². The van der Waals surface area contributed by atoms with Gasteiger partial charge in [0.1, 0.15) is 10.1 Å². The van der Waals surface area contributed by atoms with E-state index in [0.29, 0.717) is 19.7 Å². The quantitative estimate of drug-likeness (QED) is 0.466. The van der Waals surface area contributed by atoms with Crippen molar-refractivity contribution in [3.8, 4) is 5.75 Å². The van der Waals surface area contributed by atoms with Crippen molar-refractivity contribution in [2.75, 3.05) is 37.7 Å². The van der Waals surface area contributed by atoms with Crippen molar-refractivity contribution in [3.63, 3.8) is 0 Å². The molecule has 1 aliphatic rings. The van der Waals surface area contributed by atoms with E-state index in [1.807, 2.05) is 55.1 Å². The maximum atomic E-state index is 13.3. The van der Waals surface area contributed by atoms with E-state index in [1.54, 1.807) is 23.1 Å². The third kappa shape index (κ3) is 5.22. The van der Waals surface area contributed by atoms with Gasteiger partial charge in [-0.2, -0.15) is 0 Å². The zero-order valence-electron chi connectivity index (χ0n) is 17.9. The molecule has 1 amide bonds. The molecular weight excluding hydrogens is 426 g/mol. The third-order valence-electron chi connectivity index (χ3n) is 5.27. The van der Waals surface area contributed by atoms with Crippen LogP contribution >= 0.6 is 23.1 Å². The van der Waals surface area contributed by atoms with Gasteiger partial charge < -0.3 is 14.5 Å². The van der Waals surface area contributed by atoms with Gasteiger partial charge in [-0.3, -0.25) is 4.79 Å². The van der Waals surface area contributed by atoms with Crippen LogP contribution in [0.2, 0.25) is 0 Å². The van der Waals surface area contributed by atoms with E-state index in [9.17, 15) is 4.79 Å². The van der Waals surface area contributed by atoms with E-state index in [0.717, 1.165) is 51.4 Å². The molecule has 31 heavy (non-hydrogen) atoms. The monoisotopic (exact) mass is 453 g/mol. The number of hydrogen-bond donors (Lipinski definition) is 0. The molecule has 4 rings (SSSR count). The molecule has 2 heterocycles. The number of carbonyl (C=O) groups excluding carboxylic acids is 1. The molecule has 3 aromatic rings. The minimum atomic E-state index is 0.115. The first-order valence-electron chi connectivity index (χ1n) is 10.5. The molecule has 0 unspecified atom stereocenters. The molecule has 0 atom stereocenters. The molecule has 162 valence electrons. The largest absolute Gasteiger partial charge is 0.492 e. The van der Waals surface area contributed by atoms with Crippen LogP contribution in [-0.2, 0) is 5.75 Å². The summed E-state index contributed by atoms with van der Waals surface area (Å²) in [4.78, 5) is 22.1. The molecule has 0 spiro atoms. The van der Waals surface area contributed by atoms with Crippen LogP contribution in [0, 0.1) is 6.92 Å². The molecule has 7 heteroatoms. The Morgan fingerprint density at radius 1 is 1.10 bits per heavy atom. The minimum Gasteiger partial charge on any atom is -0.492 e. The fraction of sp³-hybridized carbons (Fsp3) is 0.333. The van der Waals surface area contributed by atoms with Crippen LogP contribution in [-0.4, -0.2) is 48.6 Å². The summed E-state index contributed by atoms with van der Waals surface area (Å²) < 4.78 is 6.83. The molecule has 5 nitrogen and oxygen atoms in total. The summed E-state index contributed by atoms with van der Waals surface area (Å²) in [5.41, 5.74) is 4.01. The SMILES string of the molecule is CCOc1ccccc1N1CCN(C(=O)c2ccccc2CSc2nc(C)cs2)CC1. The first kappa shape index (κ1) is 21.7. The summed E-state index contributed by atoms with van der Waals surface area (Å²) in [6.07, 6.45) is 0. The lowest BCUT2D eigenvalue weighted by Crippen LogP contribution is -2.49. The number of thioether (sulfide) groups is 1. The number of nitrogens with zero attached hydrogens (tertiary/aromatic N) is 3. The zero-order valence-corrected chi connectivity index (χ0v) is 19.5. The third-order valence-corrected chi connectivity index (χ3v) is 7.46. The lowest BCUT2D eigenvalue weighted by Gasteiger charge is -2.37. The molecule has 0 N–H and O–H groups in total. The van der Waals surface area contributed by atoms with Gasteiger partial charge >= 0.3 is 0 Å². The van der Waals surface area contributed by atoms with Gasteiger partial charge in [-0.15, -0.1) is 11.3 Å². The number of hydrogen-bond acceptors (Lipinski definition) is 6. The molecule has 1 fully saturated rings.